The lowest BCUT2D eigenvalue weighted by molar-refractivity contribution is 0.0755. The number of carbonyl (C=O) groups is 1. The van der Waals surface area contributed by atoms with Crippen molar-refractivity contribution in [3.8, 4) is 0 Å². The third kappa shape index (κ3) is 3.15. The van der Waals surface area contributed by atoms with Gasteiger partial charge in [0.25, 0.3) is 5.91 Å². The van der Waals surface area contributed by atoms with Gasteiger partial charge in [-0.25, -0.2) is 4.98 Å². The first-order valence-corrected chi connectivity index (χ1v) is 7.70. The minimum atomic E-state index is 0.0133. The van der Waals surface area contributed by atoms with Crippen molar-refractivity contribution in [3.63, 3.8) is 0 Å². The van der Waals surface area contributed by atoms with Crippen LogP contribution in [-0.4, -0.2) is 61.6 Å². The Balaban J connectivity index is 1.60. The molecule has 2 aromatic heterocycles. The number of hydrogen-bond acceptors (Lipinski definition) is 4. The highest BCUT2D eigenvalue weighted by Gasteiger charge is 2.21. The summed E-state index contributed by atoms with van der Waals surface area (Å²) in [6, 6.07) is 1.71. The Kier molecular flexibility index (Phi) is 4.44. The minimum absolute atomic E-state index is 0.0133. The first kappa shape index (κ1) is 15.1. The van der Waals surface area contributed by atoms with Gasteiger partial charge in [-0.15, -0.1) is 0 Å². The lowest BCUT2D eigenvalue weighted by Gasteiger charge is -2.21. The lowest BCUT2D eigenvalue weighted by Crippen LogP contribution is -2.35. The van der Waals surface area contributed by atoms with E-state index in [1.807, 2.05) is 16.5 Å². The van der Waals surface area contributed by atoms with Gasteiger partial charge in [-0.2, -0.15) is 5.10 Å². The van der Waals surface area contributed by atoms with E-state index in [9.17, 15) is 4.79 Å². The summed E-state index contributed by atoms with van der Waals surface area (Å²) in [5.41, 5.74) is 0.546. The molecular weight excluding hydrogens is 304 g/mol. The number of hydrogen-bond donors (Lipinski definition) is 1. The summed E-state index contributed by atoms with van der Waals surface area (Å²) in [5.74, 6) is 0.956. The number of rotatable bonds is 3. The van der Waals surface area contributed by atoms with Crippen LogP contribution in [0.25, 0.3) is 0 Å². The zero-order valence-corrected chi connectivity index (χ0v) is 13.3. The number of imidazole rings is 1. The second-order valence-corrected chi connectivity index (χ2v) is 5.84. The summed E-state index contributed by atoms with van der Waals surface area (Å²) < 4.78 is 1.89. The van der Waals surface area contributed by atoms with Crippen molar-refractivity contribution in [2.75, 3.05) is 26.2 Å². The molecule has 118 valence electrons. The molecule has 0 saturated carbocycles. The van der Waals surface area contributed by atoms with E-state index in [0.717, 1.165) is 38.4 Å². The van der Waals surface area contributed by atoms with Crippen LogP contribution in [-0.2, 0) is 13.6 Å². The van der Waals surface area contributed by atoms with Gasteiger partial charge in [-0.1, -0.05) is 11.6 Å². The maximum absolute atomic E-state index is 12.3. The maximum Gasteiger partial charge on any atom is 0.271 e. The summed E-state index contributed by atoms with van der Waals surface area (Å²) in [6.45, 7) is 3.97. The van der Waals surface area contributed by atoms with Gasteiger partial charge in [-0.05, 0) is 12.5 Å². The molecule has 1 N–H and O–H groups in total. The van der Waals surface area contributed by atoms with E-state index in [2.05, 4.69) is 20.1 Å². The van der Waals surface area contributed by atoms with Gasteiger partial charge in [0.15, 0.2) is 0 Å². The van der Waals surface area contributed by atoms with Crippen LogP contribution < -0.4 is 0 Å². The molecule has 1 saturated heterocycles. The van der Waals surface area contributed by atoms with E-state index in [0.29, 0.717) is 17.4 Å². The summed E-state index contributed by atoms with van der Waals surface area (Å²) in [4.78, 5) is 20.8. The molecule has 0 radical (unpaired) electrons. The van der Waals surface area contributed by atoms with Gasteiger partial charge in [-0.3, -0.25) is 14.8 Å². The fraction of sp³-hybridized carbons (Fsp3) is 0.500. The number of nitrogens with one attached hydrogen (secondary N) is 1. The Bertz CT molecular complexity index is 638. The summed E-state index contributed by atoms with van der Waals surface area (Å²) >= 11 is 6.02. The smallest absolute Gasteiger partial charge is 0.271 e. The lowest BCUT2D eigenvalue weighted by atomic mass is 10.3. The van der Waals surface area contributed by atoms with Crippen molar-refractivity contribution in [1.82, 2.24) is 29.5 Å². The predicted octanol–water partition coefficient (Wildman–Crippen LogP) is 1.14. The average molecular weight is 323 g/mol. The molecule has 3 rings (SSSR count). The van der Waals surface area contributed by atoms with Gasteiger partial charge in [0.2, 0.25) is 0 Å². The molecule has 3 heterocycles. The van der Waals surface area contributed by atoms with Gasteiger partial charge >= 0.3 is 0 Å². The van der Waals surface area contributed by atoms with Gasteiger partial charge in [0.05, 0.1) is 12.7 Å². The molecule has 0 aromatic carbocycles. The highest BCUT2D eigenvalue weighted by molar-refractivity contribution is 6.29. The van der Waals surface area contributed by atoms with E-state index >= 15 is 0 Å². The average Bonchev–Trinajstić information content (AvgIpc) is 3.08. The second kappa shape index (κ2) is 6.50. The van der Waals surface area contributed by atoms with Gasteiger partial charge in [0.1, 0.15) is 16.7 Å². The Morgan fingerprint density at radius 1 is 1.36 bits per heavy atom. The van der Waals surface area contributed by atoms with Gasteiger partial charge in [0, 0.05) is 39.4 Å². The minimum Gasteiger partial charge on any atom is -0.336 e. The van der Waals surface area contributed by atoms with Crippen molar-refractivity contribution in [2.45, 2.75) is 13.0 Å². The molecule has 2 aromatic rings. The highest BCUT2D eigenvalue weighted by atomic mass is 35.5. The van der Waals surface area contributed by atoms with Crippen molar-refractivity contribution >= 4 is 17.5 Å². The van der Waals surface area contributed by atoms with E-state index in [-0.39, 0.29) is 5.91 Å². The van der Waals surface area contributed by atoms with E-state index < -0.39 is 0 Å². The van der Waals surface area contributed by atoms with Crippen molar-refractivity contribution < 1.29 is 4.79 Å². The Morgan fingerprint density at radius 2 is 2.23 bits per heavy atom. The van der Waals surface area contributed by atoms with E-state index in [1.165, 1.54) is 0 Å². The van der Waals surface area contributed by atoms with Crippen LogP contribution in [0.5, 0.6) is 0 Å². The molecule has 7 nitrogen and oxygen atoms in total. The van der Waals surface area contributed by atoms with E-state index in [1.54, 1.807) is 18.5 Å². The summed E-state index contributed by atoms with van der Waals surface area (Å²) in [7, 11) is 1.91. The van der Waals surface area contributed by atoms with Gasteiger partial charge < -0.3 is 9.47 Å². The van der Waals surface area contributed by atoms with Crippen LogP contribution in [0.15, 0.2) is 18.5 Å². The number of carbonyl (C=O) groups excluding carboxylic acids is 1. The largest absolute Gasteiger partial charge is 0.336 e. The highest BCUT2D eigenvalue weighted by Crippen LogP contribution is 2.13. The van der Waals surface area contributed by atoms with Crippen molar-refractivity contribution in [3.05, 3.63) is 35.1 Å². The first-order valence-electron chi connectivity index (χ1n) is 7.32. The topological polar surface area (TPSA) is 70.1 Å². The number of aromatic nitrogens is 4. The first-order chi connectivity index (χ1) is 10.6. The molecule has 1 fully saturated rings. The standard InChI is InChI=1S/C14H19ClN6O/c1-19-12(15)9-16-13(19)10-20-5-2-6-21(8-7-20)14(22)11-3-4-17-18-11/h3-4,9H,2,5-8,10H2,1H3,(H,17,18). The molecule has 22 heavy (non-hydrogen) atoms. The van der Waals surface area contributed by atoms with Crippen LogP contribution in [0.1, 0.15) is 22.7 Å². The third-order valence-electron chi connectivity index (χ3n) is 4.00. The number of amides is 1. The number of aromatic amines is 1. The molecule has 0 bridgehead atoms. The SMILES string of the molecule is Cn1c(Cl)cnc1CN1CCCN(C(=O)c2ccn[nH]2)CC1. The molecule has 1 aliphatic rings. The number of H-pyrrole nitrogens is 1. The maximum atomic E-state index is 12.3. The molecule has 0 unspecified atom stereocenters. The van der Waals surface area contributed by atoms with Crippen molar-refractivity contribution in [2.24, 2.45) is 7.05 Å². The Morgan fingerprint density at radius 3 is 2.91 bits per heavy atom. The monoisotopic (exact) mass is 322 g/mol. The van der Waals surface area contributed by atoms with Crippen LogP contribution >= 0.6 is 11.6 Å². The molecule has 0 spiro atoms. The summed E-state index contributed by atoms with van der Waals surface area (Å²) in [6.07, 6.45) is 4.21. The normalized spacial score (nSPS) is 16.7. The number of nitrogens with zero attached hydrogens (tertiary/aromatic N) is 5. The molecule has 8 heteroatoms. The molecular formula is C14H19ClN6O. The van der Waals surface area contributed by atoms with Crippen LogP contribution in [0, 0.1) is 0 Å². The zero-order chi connectivity index (χ0) is 15.5. The zero-order valence-electron chi connectivity index (χ0n) is 12.5. The quantitative estimate of drug-likeness (QED) is 0.920. The molecule has 1 aliphatic heterocycles. The molecule has 0 aliphatic carbocycles. The van der Waals surface area contributed by atoms with E-state index in [4.69, 9.17) is 11.6 Å². The number of halogens is 1. The Labute approximate surface area is 133 Å². The van der Waals surface area contributed by atoms with Crippen LogP contribution in [0.3, 0.4) is 0 Å². The fourth-order valence-electron chi connectivity index (χ4n) is 2.65. The van der Waals surface area contributed by atoms with Crippen LogP contribution in [0.2, 0.25) is 5.15 Å². The summed E-state index contributed by atoms with van der Waals surface area (Å²) in [5, 5.41) is 7.21. The van der Waals surface area contributed by atoms with Crippen LogP contribution in [0.4, 0.5) is 0 Å². The molecule has 0 atom stereocenters. The molecule has 1 amide bonds. The predicted molar refractivity (Wildman–Crippen MR) is 82.6 cm³/mol. The second-order valence-electron chi connectivity index (χ2n) is 5.45. The fourth-order valence-corrected chi connectivity index (χ4v) is 2.79. The Hall–Kier alpha value is -1.86. The third-order valence-corrected chi connectivity index (χ3v) is 4.35. The van der Waals surface area contributed by atoms with Crippen molar-refractivity contribution in [1.29, 1.82) is 0 Å².